The van der Waals surface area contributed by atoms with Crippen LogP contribution in [0.1, 0.15) is 32.1 Å². The molecule has 5 heteroatoms. The van der Waals surface area contributed by atoms with Crippen LogP contribution in [0.5, 0.6) is 0 Å². The quantitative estimate of drug-likeness (QED) is 0.673. The minimum atomic E-state index is -0.213. The lowest BCUT2D eigenvalue weighted by molar-refractivity contribution is -0.143. The summed E-state index contributed by atoms with van der Waals surface area (Å²) in [6, 6.07) is 0.293. The van der Waals surface area contributed by atoms with Crippen LogP contribution in [0.15, 0.2) is 0 Å². The predicted octanol–water partition coefficient (Wildman–Crippen LogP) is 0.967. The van der Waals surface area contributed by atoms with E-state index >= 15 is 0 Å². The van der Waals surface area contributed by atoms with Crippen molar-refractivity contribution in [2.24, 2.45) is 0 Å². The highest BCUT2D eigenvalue weighted by molar-refractivity contribution is 5.71. The van der Waals surface area contributed by atoms with Crippen molar-refractivity contribution in [3.63, 3.8) is 0 Å². The first-order valence-corrected chi connectivity index (χ1v) is 6.05. The van der Waals surface area contributed by atoms with Crippen LogP contribution >= 0.6 is 0 Å². The second-order valence-corrected chi connectivity index (χ2v) is 4.31. The number of carbonyl (C=O) groups excluding carboxylic acids is 2. The Bertz CT molecular complexity index is 267. The molecule has 1 unspecified atom stereocenters. The second-order valence-electron chi connectivity index (χ2n) is 4.31. The molecule has 1 heterocycles. The zero-order valence-corrected chi connectivity index (χ0v) is 10.6. The van der Waals surface area contributed by atoms with Gasteiger partial charge in [0.25, 0.3) is 0 Å². The lowest BCUT2D eigenvalue weighted by Crippen LogP contribution is -2.43. The van der Waals surface area contributed by atoms with Gasteiger partial charge >= 0.3 is 11.9 Å². The van der Waals surface area contributed by atoms with Gasteiger partial charge in [0.05, 0.1) is 20.8 Å². The Morgan fingerprint density at radius 2 is 1.88 bits per heavy atom. The average Bonchev–Trinajstić information content (AvgIpc) is 2.37. The van der Waals surface area contributed by atoms with Crippen molar-refractivity contribution in [2.45, 2.75) is 38.1 Å². The highest BCUT2D eigenvalue weighted by Gasteiger charge is 2.24. The summed E-state index contributed by atoms with van der Waals surface area (Å²) in [5.74, 6) is -0.399. The maximum atomic E-state index is 11.3. The van der Waals surface area contributed by atoms with E-state index in [2.05, 4.69) is 14.4 Å². The number of hydrogen-bond acceptors (Lipinski definition) is 5. The topological polar surface area (TPSA) is 55.8 Å². The summed E-state index contributed by atoms with van der Waals surface area (Å²) in [5.41, 5.74) is 0. The minimum absolute atomic E-state index is 0.186. The molecule has 0 aromatic carbocycles. The van der Waals surface area contributed by atoms with Gasteiger partial charge in [-0.1, -0.05) is 6.42 Å². The summed E-state index contributed by atoms with van der Waals surface area (Å²) in [4.78, 5) is 24.5. The molecule has 1 rings (SSSR count). The van der Waals surface area contributed by atoms with Crippen molar-refractivity contribution >= 4 is 11.9 Å². The first-order chi connectivity index (χ1) is 8.17. The zero-order chi connectivity index (χ0) is 12.7. The summed E-state index contributed by atoms with van der Waals surface area (Å²) in [5, 5.41) is 0. The minimum Gasteiger partial charge on any atom is -0.469 e. The first-order valence-electron chi connectivity index (χ1n) is 6.05. The molecule has 0 aliphatic carbocycles. The Hall–Kier alpha value is -1.10. The van der Waals surface area contributed by atoms with Crippen molar-refractivity contribution in [2.75, 3.05) is 27.3 Å². The molecule has 1 fully saturated rings. The Balaban J connectivity index is 2.42. The van der Waals surface area contributed by atoms with E-state index in [1.54, 1.807) is 0 Å². The van der Waals surface area contributed by atoms with E-state index in [9.17, 15) is 9.59 Å². The smallest absolute Gasteiger partial charge is 0.319 e. The molecule has 0 amide bonds. The van der Waals surface area contributed by atoms with Gasteiger partial charge in [-0.3, -0.25) is 14.5 Å². The van der Waals surface area contributed by atoms with Gasteiger partial charge in [0.2, 0.25) is 0 Å². The molecule has 0 bridgehead atoms. The molecule has 0 saturated carbocycles. The molecule has 0 spiro atoms. The number of hydrogen-bond donors (Lipinski definition) is 0. The van der Waals surface area contributed by atoms with E-state index in [0.717, 1.165) is 32.2 Å². The van der Waals surface area contributed by atoms with Gasteiger partial charge in [0.1, 0.15) is 0 Å². The Morgan fingerprint density at radius 1 is 1.18 bits per heavy atom. The molecule has 1 saturated heterocycles. The standard InChI is InChI=1S/C12H21NO4/c1-16-11(14)7-6-10-5-3-4-8-13(10)9-12(15)17-2/h10H,3-9H2,1-2H3. The van der Waals surface area contributed by atoms with Gasteiger partial charge < -0.3 is 9.47 Å². The number of methoxy groups -OCH3 is 2. The van der Waals surface area contributed by atoms with E-state index in [1.165, 1.54) is 14.2 Å². The van der Waals surface area contributed by atoms with Crippen LogP contribution in [0.2, 0.25) is 0 Å². The fourth-order valence-corrected chi connectivity index (χ4v) is 2.21. The van der Waals surface area contributed by atoms with E-state index in [1.807, 2.05) is 0 Å². The molecule has 1 aliphatic heterocycles. The van der Waals surface area contributed by atoms with Gasteiger partial charge in [-0.15, -0.1) is 0 Å². The maximum Gasteiger partial charge on any atom is 0.319 e. The predicted molar refractivity (Wildman–Crippen MR) is 62.5 cm³/mol. The highest BCUT2D eigenvalue weighted by atomic mass is 16.5. The van der Waals surface area contributed by atoms with Gasteiger partial charge in [-0.2, -0.15) is 0 Å². The molecule has 0 aromatic heterocycles. The SMILES string of the molecule is COC(=O)CCC1CCCCN1CC(=O)OC. The molecular formula is C12H21NO4. The van der Waals surface area contributed by atoms with Crippen molar-refractivity contribution in [3.8, 4) is 0 Å². The fourth-order valence-electron chi connectivity index (χ4n) is 2.21. The van der Waals surface area contributed by atoms with Gasteiger partial charge in [0.15, 0.2) is 0 Å². The number of ether oxygens (including phenoxy) is 2. The number of likely N-dealkylation sites (tertiary alicyclic amines) is 1. The molecule has 17 heavy (non-hydrogen) atoms. The fraction of sp³-hybridized carbons (Fsp3) is 0.833. The summed E-state index contributed by atoms with van der Waals surface area (Å²) < 4.78 is 9.31. The van der Waals surface area contributed by atoms with Crippen LogP contribution in [0.25, 0.3) is 0 Å². The summed E-state index contributed by atoms with van der Waals surface area (Å²) in [6.07, 6.45) is 4.46. The lowest BCUT2D eigenvalue weighted by Gasteiger charge is -2.34. The summed E-state index contributed by atoms with van der Waals surface area (Å²) >= 11 is 0. The monoisotopic (exact) mass is 243 g/mol. The number of carbonyl (C=O) groups is 2. The molecule has 1 aliphatic rings. The molecule has 1 atom stereocenters. The van der Waals surface area contributed by atoms with Crippen molar-refractivity contribution < 1.29 is 19.1 Å². The van der Waals surface area contributed by atoms with Gasteiger partial charge in [0, 0.05) is 12.5 Å². The average molecular weight is 243 g/mol. The largest absolute Gasteiger partial charge is 0.469 e. The molecule has 98 valence electrons. The molecule has 5 nitrogen and oxygen atoms in total. The third kappa shape index (κ3) is 4.73. The van der Waals surface area contributed by atoms with Crippen LogP contribution in [0, 0.1) is 0 Å². The third-order valence-electron chi connectivity index (χ3n) is 3.22. The number of nitrogens with zero attached hydrogens (tertiary/aromatic N) is 1. The normalized spacial score (nSPS) is 20.9. The lowest BCUT2D eigenvalue weighted by atomic mass is 9.98. The van der Waals surface area contributed by atoms with Crippen LogP contribution in [0.3, 0.4) is 0 Å². The first kappa shape index (κ1) is 14.0. The number of piperidine rings is 1. The Kier molecular flexibility index (Phi) is 5.97. The molecule has 0 N–H and O–H groups in total. The van der Waals surface area contributed by atoms with Crippen LogP contribution in [0.4, 0.5) is 0 Å². The molecule has 0 radical (unpaired) electrons. The number of rotatable bonds is 5. The molecule has 0 aromatic rings. The highest BCUT2D eigenvalue weighted by Crippen LogP contribution is 2.20. The van der Waals surface area contributed by atoms with Crippen LogP contribution in [-0.2, 0) is 19.1 Å². The Morgan fingerprint density at radius 3 is 2.53 bits per heavy atom. The Labute approximate surface area is 102 Å². The van der Waals surface area contributed by atoms with E-state index in [4.69, 9.17) is 0 Å². The zero-order valence-electron chi connectivity index (χ0n) is 10.6. The third-order valence-corrected chi connectivity index (χ3v) is 3.22. The van der Waals surface area contributed by atoms with E-state index in [-0.39, 0.29) is 11.9 Å². The second kappa shape index (κ2) is 7.27. The summed E-state index contributed by atoms with van der Waals surface area (Å²) in [6.45, 7) is 1.23. The van der Waals surface area contributed by atoms with Crippen LogP contribution < -0.4 is 0 Å². The van der Waals surface area contributed by atoms with Crippen LogP contribution in [-0.4, -0.2) is 50.2 Å². The van der Waals surface area contributed by atoms with Gasteiger partial charge in [-0.25, -0.2) is 0 Å². The number of esters is 2. The van der Waals surface area contributed by atoms with Crippen molar-refractivity contribution in [3.05, 3.63) is 0 Å². The van der Waals surface area contributed by atoms with Crippen molar-refractivity contribution in [1.29, 1.82) is 0 Å². The maximum absolute atomic E-state index is 11.3. The molecular weight excluding hydrogens is 222 g/mol. The van der Waals surface area contributed by atoms with E-state index in [0.29, 0.717) is 19.0 Å². The van der Waals surface area contributed by atoms with E-state index < -0.39 is 0 Å². The van der Waals surface area contributed by atoms with Crippen molar-refractivity contribution in [1.82, 2.24) is 4.90 Å². The van der Waals surface area contributed by atoms with Gasteiger partial charge in [-0.05, 0) is 25.8 Å². The summed E-state index contributed by atoms with van der Waals surface area (Å²) in [7, 11) is 2.80.